The van der Waals surface area contributed by atoms with Gasteiger partial charge in [-0.1, -0.05) is 0 Å². The predicted octanol–water partition coefficient (Wildman–Crippen LogP) is -0.325. The number of carbonyl (C=O) groups excluding carboxylic acids is 2. The highest BCUT2D eigenvalue weighted by Gasteiger charge is 2.27. The van der Waals surface area contributed by atoms with Crippen LogP contribution < -0.4 is 5.32 Å². The molecule has 1 heterocycles. The minimum absolute atomic E-state index is 0.0341. The van der Waals surface area contributed by atoms with Gasteiger partial charge in [-0.2, -0.15) is 0 Å². The SMILES string of the molecule is CCN(CC(=O)N(C)C)C(=O)C1CCCN1. The Bertz CT molecular complexity index is 260. The molecule has 1 unspecified atom stereocenters. The Labute approximate surface area is 96.8 Å². The van der Waals surface area contributed by atoms with E-state index in [2.05, 4.69) is 5.32 Å². The van der Waals surface area contributed by atoms with Gasteiger partial charge < -0.3 is 15.1 Å². The van der Waals surface area contributed by atoms with Crippen LogP contribution in [0.4, 0.5) is 0 Å². The molecule has 1 atom stereocenters. The lowest BCUT2D eigenvalue weighted by molar-refractivity contribution is -0.140. The van der Waals surface area contributed by atoms with E-state index >= 15 is 0 Å². The van der Waals surface area contributed by atoms with E-state index in [-0.39, 0.29) is 24.4 Å². The van der Waals surface area contributed by atoms with Crippen molar-refractivity contribution in [3.8, 4) is 0 Å². The average Bonchev–Trinajstić information content (AvgIpc) is 2.77. The van der Waals surface area contributed by atoms with Gasteiger partial charge in [-0.15, -0.1) is 0 Å². The molecule has 0 spiro atoms. The first-order valence-corrected chi connectivity index (χ1v) is 5.78. The van der Waals surface area contributed by atoms with Gasteiger partial charge in [0.15, 0.2) is 0 Å². The average molecular weight is 227 g/mol. The fourth-order valence-corrected chi connectivity index (χ4v) is 1.77. The van der Waals surface area contributed by atoms with Gasteiger partial charge in [-0.3, -0.25) is 9.59 Å². The molecule has 0 aromatic heterocycles. The quantitative estimate of drug-likeness (QED) is 0.716. The van der Waals surface area contributed by atoms with Crippen LogP contribution in [0.15, 0.2) is 0 Å². The third kappa shape index (κ3) is 3.20. The molecule has 0 aromatic rings. The van der Waals surface area contributed by atoms with E-state index in [1.165, 1.54) is 4.90 Å². The molecule has 0 aromatic carbocycles. The van der Waals surface area contributed by atoms with E-state index in [0.717, 1.165) is 19.4 Å². The first-order valence-electron chi connectivity index (χ1n) is 5.78. The second-order valence-corrected chi connectivity index (χ2v) is 4.29. The maximum atomic E-state index is 12.0. The van der Waals surface area contributed by atoms with Gasteiger partial charge in [-0.05, 0) is 26.3 Å². The summed E-state index contributed by atoms with van der Waals surface area (Å²) in [5.74, 6) is 0.0170. The molecule has 0 aliphatic carbocycles. The van der Waals surface area contributed by atoms with Crippen molar-refractivity contribution in [2.75, 3.05) is 33.7 Å². The number of hydrogen-bond acceptors (Lipinski definition) is 3. The van der Waals surface area contributed by atoms with Crippen LogP contribution in [-0.4, -0.2) is 61.4 Å². The van der Waals surface area contributed by atoms with E-state index in [1.54, 1.807) is 19.0 Å². The number of nitrogens with zero attached hydrogens (tertiary/aromatic N) is 2. The van der Waals surface area contributed by atoms with Crippen LogP contribution in [0.25, 0.3) is 0 Å². The molecule has 5 heteroatoms. The fraction of sp³-hybridized carbons (Fsp3) is 0.818. The third-order valence-corrected chi connectivity index (χ3v) is 2.88. The van der Waals surface area contributed by atoms with Crippen molar-refractivity contribution >= 4 is 11.8 Å². The maximum absolute atomic E-state index is 12.0. The summed E-state index contributed by atoms with van der Waals surface area (Å²) in [6.07, 6.45) is 1.92. The lowest BCUT2D eigenvalue weighted by Crippen LogP contribution is -2.47. The smallest absolute Gasteiger partial charge is 0.241 e. The number of nitrogens with one attached hydrogen (secondary N) is 1. The maximum Gasteiger partial charge on any atom is 0.241 e. The number of carbonyl (C=O) groups is 2. The molecule has 5 nitrogen and oxygen atoms in total. The summed E-state index contributed by atoms with van der Waals surface area (Å²) >= 11 is 0. The molecule has 0 bridgehead atoms. The first kappa shape index (κ1) is 13.0. The largest absolute Gasteiger partial charge is 0.347 e. The summed E-state index contributed by atoms with van der Waals surface area (Å²) in [4.78, 5) is 26.7. The van der Waals surface area contributed by atoms with Gasteiger partial charge in [0.1, 0.15) is 0 Å². The summed E-state index contributed by atoms with van der Waals surface area (Å²) in [7, 11) is 3.41. The standard InChI is InChI=1S/C11H21N3O2/c1-4-14(8-10(15)13(2)3)11(16)9-6-5-7-12-9/h9,12H,4-8H2,1-3H3. The molecular weight excluding hydrogens is 206 g/mol. The van der Waals surface area contributed by atoms with E-state index in [4.69, 9.17) is 0 Å². The van der Waals surface area contributed by atoms with Crippen LogP contribution in [-0.2, 0) is 9.59 Å². The first-order chi connectivity index (χ1) is 7.56. The van der Waals surface area contributed by atoms with E-state index < -0.39 is 0 Å². The minimum Gasteiger partial charge on any atom is -0.347 e. The number of hydrogen-bond donors (Lipinski definition) is 1. The highest BCUT2D eigenvalue weighted by atomic mass is 16.2. The third-order valence-electron chi connectivity index (χ3n) is 2.88. The monoisotopic (exact) mass is 227 g/mol. The number of likely N-dealkylation sites (N-methyl/N-ethyl adjacent to an activating group) is 2. The Morgan fingerprint density at radius 1 is 1.38 bits per heavy atom. The molecule has 16 heavy (non-hydrogen) atoms. The molecule has 1 rings (SSSR count). The second kappa shape index (κ2) is 5.84. The van der Waals surface area contributed by atoms with E-state index in [0.29, 0.717) is 6.54 Å². The molecule has 0 saturated carbocycles. The van der Waals surface area contributed by atoms with Crippen molar-refractivity contribution in [2.45, 2.75) is 25.8 Å². The molecule has 2 amide bonds. The molecule has 92 valence electrons. The zero-order valence-electron chi connectivity index (χ0n) is 10.3. The zero-order chi connectivity index (χ0) is 12.1. The normalized spacial score (nSPS) is 19.6. The molecule has 1 aliphatic heterocycles. The van der Waals surface area contributed by atoms with Crippen molar-refractivity contribution in [1.29, 1.82) is 0 Å². The summed E-state index contributed by atoms with van der Waals surface area (Å²) in [5.41, 5.74) is 0. The van der Waals surface area contributed by atoms with Crippen LogP contribution in [0.5, 0.6) is 0 Å². The summed E-state index contributed by atoms with van der Waals surface area (Å²) < 4.78 is 0. The summed E-state index contributed by atoms with van der Waals surface area (Å²) in [5, 5.41) is 3.16. The van der Waals surface area contributed by atoms with Gasteiger partial charge in [0.25, 0.3) is 0 Å². The molecule has 0 radical (unpaired) electrons. The van der Waals surface area contributed by atoms with Crippen LogP contribution >= 0.6 is 0 Å². The Balaban J connectivity index is 2.52. The fourth-order valence-electron chi connectivity index (χ4n) is 1.77. The van der Waals surface area contributed by atoms with Gasteiger partial charge in [0, 0.05) is 20.6 Å². The van der Waals surface area contributed by atoms with Crippen molar-refractivity contribution in [3.63, 3.8) is 0 Å². The molecule has 1 aliphatic rings. The lowest BCUT2D eigenvalue weighted by Gasteiger charge is -2.25. The van der Waals surface area contributed by atoms with Crippen molar-refractivity contribution in [2.24, 2.45) is 0 Å². The number of rotatable bonds is 4. The van der Waals surface area contributed by atoms with Crippen molar-refractivity contribution in [3.05, 3.63) is 0 Å². The summed E-state index contributed by atoms with van der Waals surface area (Å²) in [6, 6.07) is -0.0880. The van der Waals surface area contributed by atoms with Gasteiger partial charge in [0.05, 0.1) is 12.6 Å². The molecule has 1 N–H and O–H groups in total. The topological polar surface area (TPSA) is 52.7 Å². The van der Waals surface area contributed by atoms with Gasteiger partial charge in [-0.25, -0.2) is 0 Å². The summed E-state index contributed by atoms with van der Waals surface area (Å²) in [6.45, 7) is 3.56. The Kier molecular flexibility index (Phi) is 4.73. The van der Waals surface area contributed by atoms with Crippen LogP contribution in [0.1, 0.15) is 19.8 Å². The highest BCUT2D eigenvalue weighted by molar-refractivity contribution is 5.87. The highest BCUT2D eigenvalue weighted by Crippen LogP contribution is 2.08. The number of amides is 2. The Morgan fingerprint density at radius 3 is 2.50 bits per heavy atom. The molecular formula is C11H21N3O2. The lowest BCUT2D eigenvalue weighted by atomic mass is 10.2. The minimum atomic E-state index is -0.0880. The van der Waals surface area contributed by atoms with Crippen LogP contribution in [0.2, 0.25) is 0 Å². The van der Waals surface area contributed by atoms with Gasteiger partial charge in [0.2, 0.25) is 11.8 Å². The van der Waals surface area contributed by atoms with Crippen LogP contribution in [0, 0.1) is 0 Å². The van der Waals surface area contributed by atoms with Crippen molar-refractivity contribution < 1.29 is 9.59 Å². The molecule has 1 fully saturated rings. The van der Waals surface area contributed by atoms with Crippen LogP contribution in [0.3, 0.4) is 0 Å². The Hall–Kier alpha value is -1.10. The van der Waals surface area contributed by atoms with E-state index in [1.807, 2.05) is 6.92 Å². The second-order valence-electron chi connectivity index (χ2n) is 4.29. The zero-order valence-corrected chi connectivity index (χ0v) is 10.3. The van der Waals surface area contributed by atoms with E-state index in [9.17, 15) is 9.59 Å². The predicted molar refractivity (Wildman–Crippen MR) is 62.0 cm³/mol. The molecule has 1 saturated heterocycles. The van der Waals surface area contributed by atoms with Crippen molar-refractivity contribution in [1.82, 2.24) is 15.1 Å². The van der Waals surface area contributed by atoms with Gasteiger partial charge >= 0.3 is 0 Å². The Morgan fingerprint density at radius 2 is 2.06 bits per heavy atom.